The fourth-order valence-corrected chi connectivity index (χ4v) is 4.00. The summed E-state index contributed by atoms with van der Waals surface area (Å²) in [5, 5.41) is 0. The molecule has 0 aromatic carbocycles. The maximum Gasteiger partial charge on any atom is 0.333 e. The Labute approximate surface area is 333 Å². The highest BCUT2D eigenvalue weighted by molar-refractivity contribution is 5.89. The van der Waals surface area contributed by atoms with E-state index in [9.17, 15) is 38.4 Å². The molecule has 0 bridgehead atoms. The van der Waals surface area contributed by atoms with Gasteiger partial charge >= 0.3 is 47.8 Å². The maximum absolute atomic E-state index is 12.8. The van der Waals surface area contributed by atoms with Gasteiger partial charge in [0.05, 0.1) is 0 Å². The van der Waals surface area contributed by atoms with E-state index in [0.717, 1.165) is 6.08 Å². The molecule has 0 heterocycles. The van der Waals surface area contributed by atoms with Crippen molar-refractivity contribution in [3.63, 3.8) is 0 Å². The summed E-state index contributed by atoms with van der Waals surface area (Å²) in [5.74, 6) is -5.95. The zero-order chi connectivity index (χ0) is 43.8. The van der Waals surface area contributed by atoms with Gasteiger partial charge in [-0.3, -0.25) is 9.59 Å². The van der Waals surface area contributed by atoms with E-state index in [1.54, 1.807) is 0 Å². The number of hydrogen-bond donors (Lipinski definition) is 0. The first-order valence-corrected chi connectivity index (χ1v) is 17.8. The van der Waals surface area contributed by atoms with Gasteiger partial charge in [0.1, 0.15) is 63.7 Å². The number of unbranched alkanes of at least 4 members (excludes halogenated alkanes) is 3. The number of carbonyl (C=O) groups excluding carboxylic acids is 8. The fraction of sp³-hybridized carbons (Fsp3) is 0.512. The predicted molar refractivity (Wildman–Crippen MR) is 205 cm³/mol. The molecule has 0 atom stereocenters. The molecule has 0 unspecified atom stereocenters. The first-order chi connectivity index (χ1) is 26.6. The number of carbonyl (C=O) groups is 8. The third kappa shape index (κ3) is 21.8. The van der Waals surface area contributed by atoms with E-state index in [1.165, 1.54) is 34.6 Å². The Morgan fingerprint density at radius 1 is 0.386 bits per heavy atom. The number of hydrogen-bond acceptors (Lipinski definition) is 16. The standard InChI is InChI=1S/C41H56O16/c1-12-32(42)50-19-40(22-53-35(45)27(2)3,23-54-36(46)28(4)5)20-51-33(43)17-15-13-14-16-18-34(44)52-21-41(24-55-37(47)29(6)7,25-56-38(48)30(8)9)26-57-39(49)31(10)11/h12H,1-2,4,6,8,10,13-26H2,3,5,7,9,11H3. The zero-order valence-corrected chi connectivity index (χ0v) is 33.8. The second kappa shape index (κ2) is 26.1. The van der Waals surface area contributed by atoms with Crippen molar-refractivity contribution in [3.8, 4) is 0 Å². The van der Waals surface area contributed by atoms with Crippen molar-refractivity contribution >= 4 is 47.8 Å². The third-order valence-electron chi connectivity index (χ3n) is 7.57. The molecule has 316 valence electrons. The van der Waals surface area contributed by atoms with Gasteiger partial charge in [-0.15, -0.1) is 0 Å². The van der Waals surface area contributed by atoms with Gasteiger partial charge in [-0.2, -0.15) is 0 Å². The summed E-state index contributed by atoms with van der Waals surface area (Å²) < 4.78 is 42.5. The molecule has 0 radical (unpaired) electrons. The van der Waals surface area contributed by atoms with E-state index >= 15 is 0 Å². The Morgan fingerprint density at radius 3 is 0.842 bits per heavy atom. The summed E-state index contributed by atoms with van der Waals surface area (Å²) in [6, 6.07) is 0. The van der Waals surface area contributed by atoms with Crippen molar-refractivity contribution in [2.45, 2.75) is 73.1 Å². The van der Waals surface area contributed by atoms with Crippen LogP contribution in [0.3, 0.4) is 0 Å². The van der Waals surface area contributed by atoms with Crippen molar-refractivity contribution in [1.82, 2.24) is 0 Å². The molecule has 0 saturated carbocycles. The minimum atomic E-state index is -1.49. The Kier molecular flexibility index (Phi) is 23.5. The monoisotopic (exact) mass is 804 g/mol. The quantitative estimate of drug-likeness (QED) is 0.0434. The normalized spacial score (nSPS) is 10.8. The SMILES string of the molecule is C=CC(=O)OCC(COC(=O)CCCCCCC(=O)OCC(COC(=O)C(=C)C)(COC(=O)C(=C)C)COC(=O)C(=C)C)(COC(=O)C(=C)C)COC(=O)C(=C)C. The first-order valence-electron chi connectivity index (χ1n) is 17.8. The summed E-state index contributed by atoms with van der Waals surface area (Å²) >= 11 is 0. The zero-order valence-electron chi connectivity index (χ0n) is 33.8. The number of esters is 8. The molecule has 0 aromatic rings. The van der Waals surface area contributed by atoms with Gasteiger partial charge in [0.2, 0.25) is 0 Å². The van der Waals surface area contributed by atoms with Crippen molar-refractivity contribution < 1.29 is 76.3 Å². The Hall–Kier alpha value is -5.80. The van der Waals surface area contributed by atoms with Crippen LogP contribution in [0.5, 0.6) is 0 Å². The van der Waals surface area contributed by atoms with Gasteiger partial charge in [0.25, 0.3) is 0 Å². The maximum atomic E-state index is 12.8. The van der Waals surface area contributed by atoms with Crippen LogP contribution in [0.15, 0.2) is 73.4 Å². The summed E-state index contributed by atoms with van der Waals surface area (Å²) in [6.07, 6.45) is 2.56. The van der Waals surface area contributed by atoms with Crippen molar-refractivity contribution in [3.05, 3.63) is 73.4 Å². The van der Waals surface area contributed by atoms with Gasteiger partial charge in [0, 0.05) is 46.8 Å². The summed E-state index contributed by atoms with van der Waals surface area (Å²) in [5.41, 5.74) is -2.57. The van der Waals surface area contributed by atoms with Crippen molar-refractivity contribution in [2.24, 2.45) is 10.8 Å². The second-order valence-corrected chi connectivity index (χ2v) is 13.8. The molecule has 57 heavy (non-hydrogen) atoms. The van der Waals surface area contributed by atoms with Crippen LogP contribution in [0.1, 0.15) is 73.1 Å². The van der Waals surface area contributed by atoms with E-state index in [-0.39, 0.29) is 40.7 Å². The van der Waals surface area contributed by atoms with E-state index in [1.807, 2.05) is 0 Å². The van der Waals surface area contributed by atoms with Crippen molar-refractivity contribution in [2.75, 3.05) is 52.9 Å². The lowest BCUT2D eigenvalue weighted by molar-refractivity contribution is -0.170. The highest BCUT2D eigenvalue weighted by Crippen LogP contribution is 2.25. The Bertz CT molecular complexity index is 1460. The molecular formula is C41H56O16. The number of ether oxygens (including phenoxy) is 8. The molecule has 0 rings (SSSR count). The Balaban J connectivity index is 5.44. The van der Waals surface area contributed by atoms with Crippen LogP contribution >= 0.6 is 0 Å². The Morgan fingerprint density at radius 2 is 0.614 bits per heavy atom. The largest absolute Gasteiger partial charge is 0.465 e. The molecule has 0 N–H and O–H groups in total. The average molecular weight is 805 g/mol. The predicted octanol–water partition coefficient (Wildman–Crippen LogP) is 4.71. The molecule has 0 aromatic heterocycles. The van der Waals surface area contributed by atoms with Crippen molar-refractivity contribution in [1.29, 1.82) is 0 Å². The van der Waals surface area contributed by atoms with E-state index in [4.69, 9.17) is 37.9 Å². The number of rotatable bonds is 29. The molecule has 0 saturated heterocycles. The van der Waals surface area contributed by atoms with Gasteiger partial charge in [-0.1, -0.05) is 52.3 Å². The van der Waals surface area contributed by atoms with Crippen LogP contribution in [0.2, 0.25) is 0 Å². The highest BCUT2D eigenvalue weighted by atomic mass is 16.6. The van der Waals surface area contributed by atoms with Crippen LogP contribution in [0.4, 0.5) is 0 Å². The third-order valence-corrected chi connectivity index (χ3v) is 7.57. The van der Waals surface area contributed by atoms with Gasteiger partial charge in [-0.25, -0.2) is 28.8 Å². The summed E-state index contributed by atoms with van der Waals surface area (Å²) in [7, 11) is 0. The molecular weight excluding hydrogens is 748 g/mol. The second-order valence-electron chi connectivity index (χ2n) is 13.8. The van der Waals surface area contributed by atoms with Crippen LogP contribution in [0.25, 0.3) is 0 Å². The highest BCUT2D eigenvalue weighted by Gasteiger charge is 2.39. The molecule has 0 aliphatic rings. The van der Waals surface area contributed by atoms with E-state index in [2.05, 4.69) is 39.5 Å². The molecule has 0 amide bonds. The molecule has 0 aliphatic carbocycles. The molecule has 16 nitrogen and oxygen atoms in total. The lowest BCUT2D eigenvalue weighted by Gasteiger charge is -2.31. The lowest BCUT2D eigenvalue weighted by atomic mass is 9.92. The van der Waals surface area contributed by atoms with Crippen LogP contribution in [-0.2, 0) is 76.3 Å². The molecule has 0 fully saturated rings. The average Bonchev–Trinajstić information content (AvgIpc) is 3.16. The van der Waals surface area contributed by atoms with E-state index < -0.39 is 111 Å². The summed E-state index contributed by atoms with van der Waals surface area (Å²) in [4.78, 5) is 98.3. The minimum absolute atomic E-state index is 0.0404. The lowest BCUT2D eigenvalue weighted by Crippen LogP contribution is -2.44. The van der Waals surface area contributed by atoms with Gasteiger partial charge in [-0.05, 0) is 47.5 Å². The summed E-state index contributed by atoms with van der Waals surface area (Å²) in [6.45, 7) is 24.4. The minimum Gasteiger partial charge on any atom is -0.465 e. The molecule has 0 aliphatic heterocycles. The topological polar surface area (TPSA) is 210 Å². The van der Waals surface area contributed by atoms with E-state index in [0.29, 0.717) is 25.7 Å². The first kappa shape index (κ1) is 51.2. The van der Waals surface area contributed by atoms with Crippen LogP contribution in [0, 0.1) is 10.8 Å². The smallest absolute Gasteiger partial charge is 0.333 e. The fourth-order valence-electron chi connectivity index (χ4n) is 4.00. The van der Waals surface area contributed by atoms with Gasteiger partial charge < -0.3 is 37.9 Å². The molecule has 16 heteroatoms. The molecule has 0 spiro atoms. The van der Waals surface area contributed by atoms with Gasteiger partial charge in [0.15, 0.2) is 0 Å². The van der Waals surface area contributed by atoms with Crippen LogP contribution in [-0.4, -0.2) is 101 Å². The van der Waals surface area contributed by atoms with Crippen LogP contribution < -0.4 is 0 Å².